The zero-order chi connectivity index (χ0) is 15.5. The van der Waals surface area contributed by atoms with Crippen LogP contribution in [0.1, 0.15) is 17.3 Å². The third-order valence-corrected chi connectivity index (χ3v) is 4.46. The van der Waals surface area contributed by atoms with E-state index in [2.05, 4.69) is 0 Å². The van der Waals surface area contributed by atoms with Gasteiger partial charge in [0.05, 0.1) is 22.2 Å². The first kappa shape index (κ1) is 17.5. The van der Waals surface area contributed by atoms with Crippen molar-refractivity contribution in [3.8, 4) is 0 Å². The highest BCUT2D eigenvalue weighted by Crippen LogP contribution is 2.33. The van der Waals surface area contributed by atoms with Crippen molar-refractivity contribution in [3.63, 3.8) is 0 Å². The number of esters is 1. The van der Waals surface area contributed by atoms with Gasteiger partial charge in [-0.25, -0.2) is 13.2 Å². The first-order valence-corrected chi connectivity index (χ1v) is 8.37. The molecule has 1 aromatic carbocycles. The summed E-state index contributed by atoms with van der Waals surface area (Å²) in [4.78, 5) is 11.4. The molecule has 0 saturated carbocycles. The van der Waals surface area contributed by atoms with E-state index >= 15 is 0 Å². The van der Waals surface area contributed by atoms with Crippen LogP contribution < -0.4 is 0 Å². The molecule has 0 saturated heterocycles. The molecule has 0 aliphatic heterocycles. The Bertz CT molecular complexity index is 615. The average molecular weight is 362 g/mol. The summed E-state index contributed by atoms with van der Waals surface area (Å²) in [5, 5.41) is -0.358. The summed E-state index contributed by atoms with van der Waals surface area (Å²) in [5.41, 5.74) is -0.0680. The monoisotopic (exact) mass is 360 g/mol. The van der Waals surface area contributed by atoms with Gasteiger partial charge in [-0.1, -0.05) is 23.2 Å². The zero-order valence-corrected chi connectivity index (χ0v) is 13.6. The maximum Gasteiger partial charge on any atom is 0.338 e. The maximum absolute atomic E-state index is 11.9. The van der Waals surface area contributed by atoms with Gasteiger partial charge in [0.2, 0.25) is 0 Å². The van der Waals surface area contributed by atoms with E-state index in [0.717, 1.165) is 6.07 Å². The SMILES string of the molecule is COCC(C)OC(=O)c1cc(Cl)c(Cl)c(S(=O)(=O)Cl)c1. The van der Waals surface area contributed by atoms with Crippen LogP contribution in [0.5, 0.6) is 0 Å². The van der Waals surface area contributed by atoms with Crippen molar-refractivity contribution in [3.05, 3.63) is 27.7 Å². The van der Waals surface area contributed by atoms with Gasteiger partial charge in [-0.15, -0.1) is 0 Å². The molecule has 0 spiro atoms. The van der Waals surface area contributed by atoms with Crippen LogP contribution in [-0.2, 0) is 18.5 Å². The number of methoxy groups -OCH3 is 1. The van der Waals surface area contributed by atoms with Gasteiger partial charge in [0, 0.05) is 17.8 Å². The molecular weight excluding hydrogens is 351 g/mol. The smallest absolute Gasteiger partial charge is 0.338 e. The molecule has 0 heterocycles. The van der Waals surface area contributed by atoms with E-state index in [-0.39, 0.29) is 22.2 Å². The van der Waals surface area contributed by atoms with Gasteiger partial charge in [0.1, 0.15) is 11.0 Å². The predicted molar refractivity (Wildman–Crippen MR) is 76.3 cm³/mol. The molecule has 0 aromatic heterocycles. The first-order chi connectivity index (χ1) is 9.16. The Kier molecular flexibility index (Phi) is 6.09. The Labute approximate surface area is 131 Å². The van der Waals surface area contributed by atoms with Crippen molar-refractivity contribution in [2.45, 2.75) is 17.9 Å². The topological polar surface area (TPSA) is 69.7 Å². The van der Waals surface area contributed by atoms with Crippen LogP contribution in [-0.4, -0.2) is 34.2 Å². The number of ether oxygens (including phenoxy) is 2. The van der Waals surface area contributed by atoms with Gasteiger partial charge in [-0.2, -0.15) is 0 Å². The number of rotatable bonds is 5. The molecule has 1 aromatic rings. The summed E-state index contributed by atoms with van der Waals surface area (Å²) in [6.07, 6.45) is -0.502. The molecule has 0 bridgehead atoms. The molecule has 0 fully saturated rings. The van der Waals surface area contributed by atoms with Crippen molar-refractivity contribution in [1.29, 1.82) is 0 Å². The van der Waals surface area contributed by atoms with E-state index in [1.165, 1.54) is 13.2 Å². The molecule has 0 aliphatic carbocycles. The minimum absolute atomic E-state index is 0.0680. The minimum atomic E-state index is -4.13. The van der Waals surface area contributed by atoms with Crippen molar-refractivity contribution < 1.29 is 22.7 Å². The fourth-order valence-corrected chi connectivity index (χ4v) is 3.14. The van der Waals surface area contributed by atoms with Gasteiger partial charge in [-0.3, -0.25) is 0 Å². The average Bonchev–Trinajstić information content (AvgIpc) is 2.30. The Morgan fingerprint density at radius 1 is 1.35 bits per heavy atom. The summed E-state index contributed by atoms with van der Waals surface area (Å²) < 4.78 is 32.6. The summed E-state index contributed by atoms with van der Waals surface area (Å²) >= 11 is 11.5. The summed E-state index contributed by atoms with van der Waals surface area (Å²) in [6.45, 7) is 1.83. The number of hydrogen-bond acceptors (Lipinski definition) is 5. The number of hydrogen-bond donors (Lipinski definition) is 0. The molecule has 0 aliphatic rings. The van der Waals surface area contributed by atoms with E-state index in [1.54, 1.807) is 6.92 Å². The molecule has 1 rings (SSSR count). The Balaban J connectivity index is 3.15. The van der Waals surface area contributed by atoms with E-state index < -0.39 is 26.0 Å². The van der Waals surface area contributed by atoms with E-state index in [1.807, 2.05) is 0 Å². The number of carbonyl (C=O) groups excluding carboxylic acids is 1. The zero-order valence-electron chi connectivity index (χ0n) is 10.5. The van der Waals surface area contributed by atoms with Crippen LogP contribution >= 0.6 is 33.9 Å². The molecule has 5 nitrogen and oxygen atoms in total. The molecule has 1 unspecified atom stereocenters. The van der Waals surface area contributed by atoms with Gasteiger partial charge in [0.15, 0.2) is 0 Å². The van der Waals surface area contributed by atoms with Gasteiger partial charge < -0.3 is 9.47 Å². The third kappa shape index (κ3) is 4.49. The molecule has 20 heavy (non-hydrogen) atoms. The van der Waals surface area contributed by atoms with Crippen LogP contribution in [0, 0.1) is 0 Å². The highest BCUT2D eigenvalue weighted by Gasteiger charge is 2.22. The second kappa shape index (κ2) is 6.95. The fraction of sp³-hybridized carbons (Fsp3) is 0.364. The van der Waals surface area contributed by atoms with Crippen molar-refractivity contribution in [1.82, 2.24) is 0 Å². The van der Waals surface area contributed by atoms with E-state index in [0.29, 0.717) is 0 Å². The van der Waals surface area contributed by atoms with Crippen LogP contribution in [0.4, 0.5) is 0 Å². The quantitative estimate of drug-likeness (QED) is 0.595. The van der Waals surface area contributed by atoms with Gasteiger partial charge in [0.25, 0.3) is 9.05 Å². The van der Waals surface area contributed by atoms with Gasteiger partial charge >= 0.3 is 5.97 Å². The Hall–Kier alpha value is -0.530. The third-order valence-electron chi connectivity index (χ3n) is 2.20. The second-order valence-corrected chi connectivity index (χ2v) is 7.20. The molecule has 112 valence electrons. The summed E-state index contributed by atoms with van der Waals surface area (Å²) in [5.74, 6) is -0.755. The lowest BCUT2D eigenvalue weighted by Crippen LogP contribution is -2.19. The standard InChI is InChI=1S/C11H11Cl3O5S/c1-6(5-18-2)19-11(15)7-3-8(12)10(13)9(4-7)20(14,16)17/h3-4,6H,5H2,1-2H3. The molecule has 0 amide bonds. The molecule has 1 atom stereocenters. The Morgan fingerprint density at radius 3 is 2.45 bits per heavy atom. The van der Waals surface area contributed by atoms with Crippen LogP contribution in [0.2, 0.25) is 10.0 Å². The number of halogens is 3. The fourth-order valence-electron chi connectivity index (χ4n) is 1.38. The number of carbonyl (C=O) groups is 1. The van der Waals surface area contributed by atoms with Crippen LogP contribution in [0.25, 0.3) is 0 Å². The Morgan fingerprint density at radius 2 is 1.95 bits per heavy atom. The maximum atomic E-state index is 11.9. The highest BCUT2D eigenvalue weighted by molar-refractivity contribution is 8.13. The lowest BCUT2D eigenvalue weighted by Gasteiger charge is -2.13. The normalized spacial score (nSPS) is 13.1. The number of benzene rings is 1. The second-order valence-electron chi connectivity index (χ2n) is 3.88. The van der Waals surface area contributed by atoms with E-state index in [9.17, 15) is 13.2 Å². The summed E-state index contributed by atoms with van der Waals surface area (Å²) in [7, 11) is 2.56. The van der Waals surface area contributed by atoms with Crippen LogP contribution in [0.15, 0.2) is 17.0 Å². The van der Waals surface area contributed by atoms with Gasteiger partial charge in [-0.05, 0) is 19.1 Å². The molecule has 0 N–H and O–H groups in total. The lowest BCUT2D eigenvalue weighted by atomic mass is 10.2. The van der Waals surface area contributed by atoms with Crippen molar-refractivity contribution in [2.75, 3.05) is 13.7 Å². The molecule has 9 heteroatoms. The van der Waals surface area contributed by atoms with Crippen molar-refractivity contribution >= 4 is 48.9 Å². The van der Waals surface area contributed by atoms with E-state index in [4.69, 9.17) is 43.4 Å². The molecule has 0 radical (unpaired) electrons. The highest BCUT2D eigenvalue weighted by atomic mass is 35.7. The lowest BCUT2D eigenvalue weighted by molar-refractivity contribution is 0.0120. The summed E-state index contributed by atoms with van der Waals surface area (Å²) in [6, 6.07) is 2.22. The van der Waals surface area contributed by atoms with Crippen molar-refractivity contribution in [2.24, 2.45) is 0 Å². The van der Waals surface area contributed by atoms with Crippen LogP contribution in [0.3, 0.4) is 0 Å². The molecular formula is C11H11Cl3O5S. The largest absolute Gasteiger partial charge is 0.457 e. The minimum Gasteiger partial charge on any atom is -0.457 e. The predicted octanol–water partition coefficient (Wildman–Crippen LogP) is 3.11. The first-order valence-electron chi connectivity index (χ1n) is 5.30.